The number of benzene rings is 2. The number of halogens is 4. The second-order valence-electron chi connectivity index (χ2n) is 6.50. The lowest BCUT2D eigenvalue weighted by atomic mass is 10.2. The van der Waals surface area contributed by atoms with E-state index in [-0.39, 0.29) is 4.90 Å². The molecule has 166 valence electrons. The Morgan fingerprint density at radius 3 is 2.29 bits per heavy atom. The molecule has 0 amide bonds. The second-order valence-corrected chi connectivity index (χ2v) is 9.24. The van der Waals surface area contributed by atoms with E-state index in [1.165, 1.54) is 18.5 Å². The normalized spacial score (nSPS) is 12.2. The van der Waals surface area contributed by atoms with Crippen molar-refractivity contribution in [3.63, 3.8) is 0 Å². The van der Waals surface area contributed by atoms with Crippen molar-refractivity contribution in [2.24, 2.45) is 0 Å². The minimum Gasteiger partial charge on any atom is -0.370 e. The summed E-state index contributed by atoms with van der Waals surface area (Å²) < 4.78 is 67.9. The van der Waals surface area contributed by atoms with Crippen LogP contribution in [0.1, 0.15) is 19.4 Å². The number of nitrogens with one attached hydrogen (secondary N) is 1. The number of hydrogen-bond acceptors (Lipinski definition) is 5. The number of nitrogens with zero attached hydrogens (tertiary/aromatic N) is 3. The van der Waals surface area contributed by atoms with E-state index in [9.17, 15) is 21.6 Å². The first kappa shape index (κ1) is 23.3. The maximum atomic E-state index is 13.2. The maximum Gasteiger partial charge on any atom is 0.417 e. The molecule has 0 aliphatic carbocycles. The molecule has 3 aromatic rings. The van der Waals surface area contributed by atoms with Crippen LogP contribution in [0.15, 0.2) is 52.5 Å². The molecule has 3 rings (SSSR count). The molecule has 31 heavy (non-hydrogen) atoms. The zero-order valence-corrected chi connectivity index (χ0v) is 18.8. The minimum absolute atomic E-state index is 0.149. The van der Waals surface area contributed by atoms with Crippen molar-refractivity contribution >= 4 is 39.3 Å². The zero-order valence-electron chi connectivity index (χ0n) is 16.4. The highest BCUT2D eigenvalue weighted by molar-refractivity contribution is 7.91. The van der Waals surface area contributed by atoms with Gasteiger partial charge in [-0.3, -0.25) is 9.67 Å². The fraction of sp³-hybridized carbons (Fsp3) is 0.263. The summed E-state index contributed by atoms with van der Waals surface area (Å²) >= 11 is 10.9. The number of anilines is 1. The van der Waals surface area contributed by atoms with Crippen LogP contribution in [0.5, 0.6) is 0 Å². The molecule has 0 saturated heterocycles. The molecule has 1 heterocycles. The van der Waals surface area contributed by atoms with E-state index >= 15 is 0 Å². The van der Waals surface area contributed by atoms with Gasteiger partial charge in [0.15, 0.2) is 4.77 Å². The summed E-state index contributed by atoms with van der Waals surface area (Å²) in [7, 11) is -4.25. The Labute approximate surface area is 187 Å². The van der Waals surface area contributed by atoms with Crippen LogP contribution < -0.4 is 4.90 Å². The molecule has 0 atom stereocenters. The lowest BCUT2D eigenvalue weighted by Crippen LogP contribution is -2.24. The molecular formula is C19H18ClF3N4O2S2. The number of hydrogen-bond donors (Lipinski definition) is 1. The Balaban J connectivity index is 2.20. The summed E-state index contributed by atoms with van der Waals surface area (Å²) in [6.07, 6.45) is -3.32. The van der Waals surface area contributed by atoms with Crippen molar-refractivity contribution in [3.8, 4) is 5.69 Å². The topological polar surface area (TPSA) is 71.0 Å². The molecule has 0 saturated carbocycles. The first-order chi connectivity index (χ1) is 14.5. The monoisotopic (exact) mass is 490 g/mol. The van der Waals surface area contributed by atoms with Gasteiger partial charge >= 0.3 is 6.18 Å². The van der Waals surface area contributed by atoms with Crippen LogP contribution in [0.25, 0.3) is 5.69 Å². The molecule has 12 heteroatoms. The molecule has 0 fully saturated rings. The van der Waals surface area contributed by atoms with Gasteiger partial charge in [-0.05, 0) is 62.5 Å². The lowest BCUT2D eigenvalue weighted by molar-refractivity contribution is -0.137. The van der Waals surface area contributed by atoms with Gasteiger partial charge in [-0.15, -0.1) is 0 Å². The van der Waals surface area contributed by atoms with Gasteiger partial charge in [-0.25, -0.2) is 8.42 Å². The number of sulfone groups is 1. The number of H-pyrrole nitrogens is 1. The van der Waals surface area contributed by atoms with E-state index in [0.29, 0.717) is 35.3 Å². The first-order valence-electron chi connectivity index (χ1n) is 9.14. The predicted molar refractivity (Wildman–Crippen MR) is 114 cm³/mol. The fourth-order valence-corrected chi connectivity index (χ4v) is 4.87. The van der Waals surface area contributed by atoms with Crippen LogP contribution in [-0.2, 0) is 16.0 Å². The van der Waals surface area contributed by atoms with E-state index in [1.807, 2.05) is 18.7 Å². The highest BCUT2D eigenvalue weighted by atomic mass is 35.5. The molecule has 0 spiro atoms. The summed E-state index contributed by atoms with van der Waals surface area (Å²) in [5, 5.41) is 5.96. The van der Waals surface area contributed by atoms with Crippen LogP contribution in [0.4, 0.5) is 18.9 Å². The van der Waals surface area contributed by atoms with Crippen molar-refractivity contribution in [1.29, 1.82) is 0 Å². The molecule has 0 aliphatic heterocycles. The lowest BCUT2D eigenvalue weighted by Gasteiger charge is -2.25. The SMILES string of the molecule is CCN(CC)c1cc(S(=O)(=O)c2ccc(Cl)c(C(F)(F)F)c2)ccc1-n1cn[nH]c1=S. The number of aromatic amines is 1. The van der Waals surface area contributed by atoms with Gasteiger partial charge < -0.3 is 4.90 Å². The minimum atomic E-state index is -4.78. The summed E-state index contributed by atoms with van der Waals surface area (Å²) in [4.78, 5) is 1.26. The third-order valence-corrected chi connectivity index (χ3v) is 7.09. The Morgan fingerprint density at radius 1 is 1.13 bits per heavy atom. The third-order valence-electron chi connectivity index (χ3n) is 4.73. The summed E-state index contributed by atoms with van der Waals surface area (Å²) in [5.74, 6) is 0. The molecule has 0 unspecified atom stereocenters. The maximum absolute atomic E-state index is 13.2. The van der Waals surface area contributed by atoms with Crippen LogP contribution in [0.2, 0.25) is 5.02 Å². The van der Waals surface area contributed by atoms with Crippen molar-refractivity contribution in [2.75, 3.05) is 18.0 Å². The Morgan fingerprint density at radius 2 is 1.74 bits per heavy atom. The number of rotatable bonds is 6. The molecule has 0 bridgehead atoms. The van der Waals surface area contributed by atoms with Crippen molar-refractivity contribution in [2.45, 2.75) is 29.8 Å². The predicted octanol–water partition coefficient (Wildman–Crippen LogP) is 5.28. The van der Waals surface area contributed by atoms with Crippen LogP contribution in [-0.4, -0.2) is 36.3 Å². The van der Waals surface area contributed by atoms with Gasteiger partial charge in [0.1, 0.15) is 6.33 Å². The third kappa shape index (κ3) is 4.48. The molecule has 0 aliphatic rings. The Hall–Kier alpha value is -2.37. The van der Waals surface area contributed by atoms with E-state index in [1.54, 1.807) is 10.6 Å². The van der Waals surface area contributed by atoms with E-state index in [0.717, 1.165) is 12.1 Å². The quantitative estimate of drug-likeness (QED) is 0.476. The van der Waals surface area contributed by atoms with Crippen molar-refractivity contribution in [1.82, 2.24) is 14.8 Å². The fourth-order valence-electron chi connectivity index (χ4n) is 3.14. The summed E-state index contributed by atoms with van der Waals surface area (Å²) in [6.45, 7) is 4.93. The van der Waals surface area contributed by atoms with E-state index < -0.39 is 31.5 Å². The van der Waals surface area contributed by atoms with Gasteiger partial charge in [-0.2, -0.15) is 18.3 Å². The second kappa shape index (κ2) is 8.64. The molecule has 1 aromatic heterocycles. The largest absolute Gasteiger partial charge is 0.417 e. The molecule has 6 nitrogen and oxygen atoms in total. The average Bonchev–Trinajstić information content (AvgIpc) is 3.14. The van der Waals surface area contributed by atoms with Gasteiger partial charge in [0.25, 0.3) is 0 Å². The van der Waals surface area contributed by atoms with Crippen LogP contribution in [0.3, 0.4) is 0 Å². The Bertz CT molecular complexity index is 1270. The standard InChI is InChI=1S/C19H18ClF3N4O2S2/c1-3-26(4-2)17-10-13(6-8-16(17)27-11-24-25-18(27)30)31(28,29)12-5-7-15(20)14(9-12)19(21,22)23/h5-11H,3-4H2,1-2H3,(H,25,30). The molecule has 0 radical (unpaired) electrons. The number of alkyl halides is 3. The average molecular weight is 491 g/mol. The molecular weight excluding hydrogens is 473 g/mol. The first-order valence-corrected chi connectivity index (χ1v) is 11.4. The Kier molecular flexibility index (Phi) is 6.49. The molecule has 2 aromatic carbocycles. The van der Waals surface area contributed by atoms with Crippen molar-refractivity contribution in [3.05, 3.63) is 58.1 Å². The van der Waals surface area contributed by atoms with E-state index in [4.69, 9.17) is 23.8 Å². The van der Waals surface area contributed by atoms with Crippen molar-refractivity contribution < 1.29 is 21.6 Å². The van der Waals surface area contributed by atoms with Gasteiger partial charge in [0.2, 0.25) is 9.84 Å². The number of aromatic nitrogens is 3. The smallest absolute Gasteiger partial charge is 0.370 e. The van der Waals surface area contributed by atoms with Gasteiger partial charge in [-0.1, -0.05) is 11.6 Å². The van der Waals surface area contributed by atoms with Gasteiger partial charge in [0, 0.05) is 13.1 Å². The van der Waals surface area contributed by atoms with Crippen LogP contribution in [0, 0.1) is 4.77 Å². The van der Waals surface area contributed by atoms with Gasteiger partial charge in [0.05, 0.1) is 31.8 Å². The highest BCUT2D eigenvalue weighted by Gasteiger charge is 2.35. The summed E-state index contributed by atoms with van der Waals surface area (Å²) in [5.41, 5.74) is -0.0670. The van der Waals surface area contributed by atoms with Crippen LogP contribution >= 0.6 is 23.8 Å². The summed E-state index contributed by atoms with van der Waals surface area (Å²) in [6, 6.07) is 6.84. The van der Waals surface area contributed by atoms with E-state index in [2.05, 4.69) is 10.2 Å². The highest BCUT2D eigenvalue weighted by Crippen LogP contribution is 2.37. The zero-order chi connectivity index (χ0) is 23.0. The molecule has 1 N–H and O–H groups in total.